The molecule has 4 amide bonds. The molecule has 4 aromatic carbocycles. The first-order valence-electron chi connectivity index (χ1n) is 18.4. The number of benzene rings is 4. The maximum atomic E-state index is 14.0. The van der Waals surface area contributed by atoms with Crippen molar-refractivity contribution in [1.29, 1.82) is 0 Å². The minimum absolute atomic E-state index is 0.0371. The second kappa shape index (κ2) is 15.2. The summed E-state index contributed by atoms with van der Waals surface area (Å²) in [6.45, 7) is 1.08. The molecule has 2 aliphatic rings. The Balaban J connectivity index is 0.910. The third-order valence-corrected chi connectivity index (χ3v) is 10.4. The zero-order chi connectivity index (χ0) is 37.0. The van der Waals surface area contributed by atoms with Crippen molar-refractivity contribution in [2.45, 2.75) is 50.2 Å². The number of nitrogens with one attached hydrogen (secondary N) is 3. The van der Waals surface area contributed by atoms with Crippen LogP contribution in [-0.2, 0) is 25.6 Å². The van der Waals surface area contributed by atoms with Crippen molar-refractivity contribution in [3.8, 4) is 11.3 Å². The van der Waals surface area contributed by atoms with Gasteiger partial charge in [-0.1, -0.05) is 72.8 Å². The summed E-state index contributed by atoms with van der Waals surface area (Å²) in [4.78, 5) is 65.0. The second-order valence-electron chi connectivity index (χ2n) is 14.0. The summed E-state index contributed by atoms with van der Waals surface area (Å²) in [6, 6.07) is 32.8. The highest BCUT2D eigenvalue weighted by atomic mass is 16.2. The fourth-order valence-electron chi connectivity index (χ4n) is 7.72. The summed E-state index contributed by atoms with van der Waals surface area (Å²) in [5.41, 5.74) is 5.80. The lowest BCUT2D eigenvalue weighted by molar-refractivity contribution is -0.138. The average Bonchev–Trinajstić information content (AvgIpc) is 4.03. The maximum Gasteiger partial charge on any atom is 0.250 e. The number of amides is 4. The Labute approximate surface area is 313 Å². The van der Waals surface area contributed by atoms with E-state index in [2.05, 4.69) is 20.6 Å². The Morgan fingerprint density at radius 1 is 0.741 bits per heavy atom. The quantitative estimate of drug-likeness (QED) is 0.150. The third-order valence-electron chi connectivity index (χ3n) is 10.4. The number of hydrogen-bond donors (Lipinski definition) is 3. The Kier molecular flexibility index (Phi) is 9.76. The molecular formula is C43H41N7O4. The van der Waals surface area contributed by atoms with Crippen LogP contribution in [0.1, 0.15) is 42.9 Å². The first kappa shape index (κ1) is 34.6. The number of aromatic amines is 1. The predicted octanol–water partition coefficient (Wildman–Crippen LogP) is 6.42. The van der Waals surface area contributed by atoms with Crippen LogP contribution in [-0.4, -0.2) is 73.1 Å². The van der Waals surface area contributed by atoms with Crippen molar-refractivity contribution in [1.82, 2.24) is 24.3 Å². The topological polar surface area (TPSA) is 132 Å². The SMILES string of the molecule is O=C(Nc1ccc(-c2cc3cc(NC(=O)[C@@H]4CCCN4C(=O)[C@@H](c4ccccc4)n4ccnc4)ccc3[nH]2)cc1)[C@@H]1CCCN1C(=O)Cc1ccccc1. The highest BCUT2D eigenvalue weighted by Gasteiger charge is 2.38. The fraction of sp³-hybridized carbons (Fsp3) is 0.233. The Morgan fingerprint density at radius 3 is 2.09 bits per heavy atom. The lowest BCUT2D eigenvalue weighted by Gasteiger charge is -2.29. The number of fused-ring (bicyclic) bond motifs is 1. The van der Waals surface area contributed by atoms with Crippen LogP contribution < -0.4 is 10.6 Å². The molecule has 6 aromatic rings. The van der Waals surface area contributed by atoms with Gasteiger partial charge in [-0.05, 0) is 78.8 Å². The molecule has 2 aromatic heterocycles. The molecule has 0 spiro atoms. The lowest BCUT2D eigenvalue weighted by atomic mass is 10.0. The van der Waals surface area contributed by atoms with Gasteiger partial charge in [0.25, 0.3) is 5.91 Å². The molecule has 2 saturated heterocycles. The van der Waals surface area contributed by atoms with Gasteiger partial charge in [0, 0.05) is 53.5 Å². The number of nitrogens with zero attached hydrogens (tertiary/aromatic N) is 4. The van der Waals surface area contributed by atoms with Crippen molar-refractivity contribution >= 4 is 45.9 Å². The van der Waals surface area contributed by atoms with E-state index >= 15 is 0 Å². The van der Waals surface area contributed by atoms with E-state index in [1.807, 2.05) is 109 Å². The average molecular weight is 720 g/mol. The molecule has 272 valence electrons. The van der Waals surface area contributed by atoms with E-state index in [4.69, 9.17) is 0 Å². The van der Waals surface area contributed by atoms with Gasteiger partial charge in [-0.25, -0.2) is 4.98 Å². The number of likely N-dealkylation sites (tertiary alicyclic amines) is 2. The summed E-state index contributed by atoms with van der Waals surface area (Å²) < 4.78 is 1.78. The van der Waals surface area contributed by atoms with E-state index in [1.54, 1.807) is 33.1 Å². The number of anilines is 2. The number of H-pyrrole nitrogens is 1. The van der Waals surface area contributed by atoms with Crippen LogP contribution in [0.4, 0.5) is 11.4 Å². The minimum atomic E-state index is -0.611. The zero-order valence-electron chi connectivity index (χ0n) is 29.7. The van der Waals surface area contributed by atoms with Crippen LogP contribution in [0.15, 0.2) is 128 Å². The largest absolute Gasteiger partial charge is 0.355 e. The van der Waals surface area contributed by atoms with Crippen LogP contribution in [0, 0.1) is 0 Å². The van der Waals surface area contributed by atoms with E-state index in [0.29, 0.717) is 37.3 Å². The highest BCUT2D eigenvalue weighted by Crippen LogP contribution is 2.30. The molecule has 2 aliphatic heterocycles. The number of imidazole rings is 1. The number of aromatic nitrogens is 3. The number of rotatable bonds is 10. The van der Waals surface area contributed by atoms with Crippen molar-refractivity contribution in [2.24, 2.45) is 0 Å². The summed E-state index contributed by atoms with van der Waals surface area (Å²) in [7, 11) is 0. The van der Waals surface area contributed by atoms with Crippen molar-refractivity contribution < 1.29 is 19.2 Å². The molecule has 0 aliphatic carbocycles. The van der Waals surface area contributed by atoms with Crippen molar-refractivity contribution in [2.75, 3.05) is 23.7 Å². The molecule has 0 unspecified atom stereocenters. The lowest BCUT2D eigenvalue weighted by Crippen LogP contribution is -2.46. The molecule has 11 heteroatoms. The summed E-state index contributed by atoms with van der Waals surface area (Å²) >= 11 is 0. The second-order valence-corrected chi connectivity index (χ2v) is 14.0. The van der Waals surface area contributed by atoms with E-state index in [-0.39, 0.29) is 30.0 Å². The smallest absolute Gasteiger partial charge is 0.250 e. The Morgan fingerprint density at radius 2 is 1.39 bits per heavy atom. The third kappa shape index (κ3) is 7.25. The number of carbonyl (C=O) groups excluding carboxylic acids is 4. The van der Waals surface area contributed by atoms with Crippen LogP contribution in [0.5, 0.6) is 0 Å². The Bertz CT molecular complexity index is 2270. The maximum absolute atomic E-state index is 14.0. The van der Waals surface area contributed by atoms with Gasteiger partial charge in [0.15, 0.2) is 0 Å². The normalized spacial score (nSPS) is 17.4. The van der Waals surface area contributed by atoms with E-state index in [0.717, 1.165) is 46.1 Å². The van der Waals surface area contributed by atoms with Gasteiger partial charge in [-0.15, -0.1) is 0 Å². The molecule has 8 rings (SSSR count). The first-order chi connectivity index (χ1) is 26.4. The van der Waals surface area contributed by atoms with Gasteiger partial charge in [-0.3, -0.25) is 19.2 Å². The molecular weight excluding hydrogens is 679 g/mol. The molecule has 11 nitrogen and oxygen atoms in total. The molecule has 0 saturated carbocycles. The summed E-state index contributed by atoms with van der Waals surface area (Å²) in [5.74, 6) is -0.569. The van der Waals surface area contributed by atoms with Crippen molar-refractivity contribution in [3.63, 3.8) is 0 Å². The first-order valence-corrected chi connectivity index (χ1v) is 18.4. The standard InChI is InChI=1S/C43H41N7O4/c51-39(25-29-9-3-1-4-10-29)49-22-7-13-37(49)41(52)45-33-17-15-30(16-18-33)36-27-32-26-34(19-20-35(32)47-36)46-42(53)38-14-8-23-50(38)43(54)40(48-24-21-44-28-48)31-11-5-2-6-12-31/h1-6,9-12,15-21,24,26-28,37-38,40,47H,7-8,13-14,22-23,25H2,(H,45,52)(H,46,53)/t37-,38-,40+/m0/s1. The van der Waals surface area contributed by atoms with Crippen LogP contribution in [0.2, 0.25) is 0 Å². The molecule has 2 fully saturated rings. The number of carbonyl (C=O) groups is 4. The van der Waals surface area contributed by atoms with Gasteiger partial charge in [0.1, 0.15) is 18.1 Å². The fourth-order valence-corrected chi connectivity index (χ4v) is 7.72. The molecule has 54 heavy (non-hydrogen) atoms. The van der Waals surface area contributed by atoms with Crippen LogP contribution in [0.3, 0.4) is 0 Å². The molecule has 4 heterocycles. The van der Waals surface area contributed by atoms with Crippen LogP contribution in [0.25, 0.3) is 22.2 Å². The zero-order valence-corrected chi connectivity index (χ0v) is 29.7. The van der Waals surface area contributed by atoms with E-state index in [1.165, 1.54) is 0 Å². The Hall–Kier alpha value is -6.49. The molecule has 0 bridgehead atoms. The molecule has 3 atom stereocenters. The summed E-state index contributed by atoms with van der Waals surface area (Å²) in [6.07, 6.45) is 8.10. The number of hydrogen-bond acceptors (Lipinski definition) is 5. The van der Waals surface area contributed by atoms with Gasteiger partial charge in [0.05, 0.1) is 12.7 Å². The van der Waals surface area contributed by atoms with Gasteiger partial charge in [0.2, 0.25) is 17.7 Å². The highest BCUT2D eigenvalue weighted by molar-refractivity contribution is 6.01. The predicted molar refractivity (Wildman–Crippen MR) is 207 cm³/mol. The van der Waals surface area contributed by atoms with Gasteiger partial charge >= 0.3 is 0 Å². The molecule has 0 radical (unpaired) electrons. The van der Waals surface area contributed by atoms with Crippen molar-refractivity contribution in [3.05, 3.63) is 139 Å². The van der Waals surface area contributed by atoms with Gasteiger partial charge in [-0.2, -0.15) is 0 Å². The monoisotopic (exact) mass is 719 g/mol. The van der Waals surface area contributed by atoms with Gasteiger partial charge < -0.3 is 30.0 Å². The van der Waals surface area contributed by atoms with E-state index < -0.39 is 18.1 Å². The molecule has 3 N–H and O–H groups in total. The van der Waals surface area contributed by atoms with E-state index in [9.17, 15) is 19.2 Å². The van der Waals surface area contributed by atoms with Crippen LogP contribution >= 0.6 is 0 Å². The summed E-state index contributed by atoms with van der Waals surface area (Å²) in [5, 5.41) is 6.99. The minimum Gasteiger partial charge on any atom is -0.355 e.